The zero-order chi connectivity index (χ0) is 14.7. The van der Waals surface area contributed by atoms with E-state index in [4.69, 9.17) is 11.6 Å². The first-order valence-corrected chi connectivity index (χ1v) is 6.64. The maximum Gasteiger partial charge on any atom is 0.338 e. The van der Waals surface area contributed by atoms with Crippen LogP contribution in [-0.2, 0) is 4.74 Å². The summed E-state index contributed by atoms with van der Waals surface area (Å²) >= 11 is 9.17. The second-order valence-corrected chi connectivity index (χ2v) is 5.05. The molecule has 0 spiro atoms. The molecule has 0 radical (unpaired) electrons. The third-order valence-corrected chi connectivity index (χ3v) is 3.36. The van der Waals surface area contributed by atoms with E-state index < -0.39 is 11.8 Å². The molecular weight excluding hydrogens is 351 g/mol. The molecule has 0 saturated carbocycles. The van der Waals surface area contributed by atoms with Crippen molar-refractivity contribution in [2.45, 2.75) is 0 Å². The van der Waals surface area contributed by atoms with Crippen molar-refractivity contribution in [3.05, 3.63) is 51.3 Å². The number of hydrogen-bond donors (Lipinski definition) is 1. The summed E-state index contributed by atoms with van der Waals surface area (Å²) in [7, 11) is 1.29. The molecule has 0 unspecified atom stereocenters. The molecule has 0 saturated heterocycles. The van der Waals surface area contributed by atoms with Gasteiger partial charge in [-0.05, 0) is 40.2 Å². The predicted molar refractivity (Wildman–Crippen MR) is 78.0 cm³/mol. The first-order chi connectivity index (χ1) is 9.51. The molecule has 0 fully saturated rings. The first-order valence-electron chi connectivity index (χ1n) is 5.47. The van der Waals surface area contributed by atoms with E-state index in [0.29, 0.717) is 21.5 Å². The van der Waals surface area contributed by atoms with E-state index in [1.165, 1.54) is 37.6 Å². The van der Waals surface area contributed by atoms with Crippen LogP contribution < -0.4 is 5.32 Å². The molecule has 1 aromatic heterocycles. The lowest BCUT2D eigenvalue weighted by atomic mass is 10.2. The lowest BCUT2D eigenvalue weighted by Gasteiger charge is -2.10. The molecule has 1 N–H and O–H groups in total. The van der Waals surface area contributed by atoms with Crippen molar-refractivity contribution in [3.63, 3.8) is 0 Å². The van der Waals surface area contributed by atoms with Crippen LogP contribution in [0.5, 0.6) is 0 Å². The number of benzene rings is 1. The molecule has 4 nitrogen and oxygen atoms in total. The van der Waals surface area contributed by atoms with Gasteiger partial charge in [0, 0.05) is 10.7 Å². The summed E-state index contributed by atoms with van der Waals surface area (Å²) in [5.74, 6) is -0.537. The van der Waals surface area contributed by atoms with Gasteiger partial charge in [0.15, 0.2) is 0 Å². The molecule has 2 rings (SSSR count). The van der Waals surface area contributed by atoms with Gasteiger partial charge in [-0.15, -0.1) is 0 Å². The molecule has 0 aliphatic heterocycles. The molecule has 0 amide bonds. The van der Waals surface area contributed by atoms with Crippen LogP contribution in [0.1, 0.15) is 10.4 Å². The molecule has 7 heteroatoms. The Bertz CT molecular complexity index is 644. The minimum atomic E-state index is -0.472. The van der Waals surface area contributed by atoms with Crippen molar-refractivity contribution in [2.75, 3.05) is 12.4 Å². The normalized spacial score (nSPS) is 10.2. The highest BCUT2D eigenvalue weighted by atomic mass is 79.9. The van der Waals surface area contributed by atoms with Crippen molar-refractivity contribution in [1.29, 1.82) is 0 Å². The number of esters is 1. The smallest absolute Gasteiger partial charge is 0.338 e. The van der Waals surface area contributed by atoms with E-state index in [9.17, 15) is 9.18 Å². The van der Waals surface area contributed by atoms with Gasteiger partial charge in [-0.1, -0.05) is 11.6 Å². The molecule has 20 heavy (non-hydrogen) atoms. The monoisotopic (exact) mass is 358 g/mol. The van der Waals surface area contributed by atoms with E-state index in [2.05, 4.69) is 31.0 Å². The quantitative estimate of drug-likeness (QED) is 0.836. The van der Waals surface area contributed by atoms with E-state index in [-0.39, 0.29) is 5.02 Å². The highest BCUT2D eigenvalue weighted by molar-refractivity contribution is 9.10. The summed E-state index contributed by atoms with van der Waals surface area (Å²) in [5.41, 5.74) is 0.807. The van der Waals surface area contributed by atoms with E-state index in [0.717, 1.165) is 0 Å². The van der Waals surface area contributed by atoms with Gasteiger partial charge in [0.25, 0.3) is 0 Å². The molecule has 104 valence electrons. The number of rotatable bonds is 3. The highest BCUT2D eigenvalue weighted by Gasteiger charge is 2.11. The third kappa shape index (κ3) is 3.26. The lowest BCUT2D eigenvalue weighted by molar-refractivity contribution is 0.0600. The fourth-order valence-electron chi connectivity index (χ4n) is 1.53. The molecule has 1 aromatic carbocycles. The Morgan fingerprint density at radius 1 is 1.45 bits per heavy atom. The summed E-state index contributed by atoms with van der Waals surface area (Å²) in [6, 6.07) is 5.49. The number of nitrogens with zero attached hydrogens (tertiary/aromatic N) is 1. The molecule has 0 bridgehead atoms. The van der Waals surface area contributed by atoms with Crippen molar-refractivity contribution in [2.24, 2.45) is 0 Å². The number of carbonyl (C=O) groups is 1. The first kappa shape index (κ1) is 14.7. The minimum Gasteiger partial charge on any atom is -0.465 e. The minimum absolute atomic E-state index is 0.196. The largest absolute Gasteiger partial charge is 0.465 e. The van der Waals surface area contributed by atoms with Crippen LogP contribution >= 0.6 is 27.5 Å². The van der Waals surface area contributed by atoms with Gasteiger partial charge in [0.05, 0.1) is 23.4 Å². The number of anilines is 2. The average molecular weight is 360 g/mol. The Morgan fingerprint density at radius 3 is 2.85 bits per heavy atom. The second kappa shape index (κ2) is 6.19. The number of carbonyl (C=O) groups excluding carboxylic acids is 1. The molecule has 0 aliphatic rings. The zero-order valence-corrected chi connectivity index (χ0v) is 12.6. The molecule has 2 aromatic rings. The summed E-state index contributed by atoms with van der Waals surface area (Å²) in [6.45, 7) is 0. The highest BCUT2D eigenvalue weighted by Crippen LogP contribution is 2.33. The third-order valence-electron chi connectivity index (χ3n) is 2.44. The lowest BCUT2D eigenvalue weighted by Crippen LogP contribution is -2.03. The summed E-state index contributed by atoms with van der Waals surface area (Å²) < 4.78 is 18.2. The topological polar surface area (TPSA) is 51.2 Å². The zero-order valence-electron chi connectivity index (χ0n) is 10.3. The van der Waals surface area contributed by atoms with Gasteiger partial charge in [0.1, 0.15) is 11.6 Å². The summed E-state index contributed by atoms with van der Waals surface area (Å²) in [6.07, 6.45) is 1.46. The number of nitrogens with one attached hydrogen (secondary N) is 1. The van der Waals surface area contributed by atoms with Crippen molar-refractivity contribution < 1.29 is 13.9 Å². The number of aromatic nitrogens is 1. The predicted octanol–water partition coefficient (Wildman–Crippen LogP) is 4.17. The van der Waals surface area contributed by atoms with Gasteiger partial charge in [-0.2, -0.15) is 0 Å². The van der Waals surface area contributed by atoms with Crippen LogP contribution in [0, 0.1) is 5.82 Å². The Morgan fingerprint density at radius 2 is 2.20 bits per heavy atom. The van der Waals surface area contributed by atoms with Crippen molar-refractivity contribution >= 4 is 45.0 Å². The Kier molecular flexibility index (Phi) is 4.57. The SMILES string of the molecule is COC(=O)c1ccnc(Nc2c(Cl)cc(F)cc2Br)c1. The molecule has 1 heterocycles. The number of methoxy groups -OCH3 is 1. The Labute approximate surface area is 128 Å². The van der Waals surface area contributed by atoms with Crippen LogP contribution in [0.4, 0.5) is 15.9 Å². The molecule has 0 aliphatic carbocycles. The number of halogens is 3. The van der Waals surface area contributed by atoms with Crippen LogP contribution in [0.25, 0.3) is 0 Å². The van der Waals surface area contributed by atoms with Gasteiger partial charge in [-0.3, -0.25) is 0 Å². The summed E-state index contributed by atoms with van der Waals surface area (Å²) in [4.78, 5) is 15.5. The van der Waals surface area contributed by atoms with Crippen molar-refractivity contribution in [3.8, 4) is 0 Å². The summed E-state index contributed by atoms with van der Waals surface area (Å²) in [5, 5.41) is 3.12. The number of hydrogen-bond acceptors (Lipinski definition) is 4. The number of pyridine rings is 1. The van der Waals surface area contributed by atoms with Crippen molar-refractivity contribution in [1.82, 2.24) is 4.98 Å². The Hall–Kier alpha value is -1.66. The van der Waals surface area contributed by atoms with Crippen LogP contribution in [0.15, 0.2) is 34.9 Å². The van der Waals surface area contributed by atoms with Crippen LogP contribution in [0.3, 0.4) is 0 Å². The van der Waals surface area contributed by atoms with Crippen LogP contribution in [-0.4, -0.2) is 18.1 Å². The van der Waals surface area contributed by atoms with E-state index >= 15 is 0 Å². The fraction of sp³-hybridized carbons (Fsp3) is 0.0769. The van der Waals surface area contributed by atoms with E-state index in [1.807, 2.05) is 0 Å². The Balaban J connectivity index is 2.33. The van der Waals surface area contributed by atoms with E-state index in [1.54, 1.807) is 0 Å². The van der Waals surface area contributed by atoms with Crippen LogP contribution in [0.2, 0.25) is 5.02 Å². The molecular formula is C13H9BrClFN2O2. The van der Waals surface area contributed by atoms with Gasteiger partial charge < -0.3 is 10.1 Å². The standard InChI is InChI=1S/C13H9BrClFN2O2/c1-20-13(19)7-2-3-17-11(4-7)18-12-9(14)5-8(16)6-10(12)15/h2-6H,1H3,(H,17,18). The van der Waals surface area contributed by atoms with Gasteiger partial charge in [-0.25, -0.2) is 14.2 Å². The fourth-order valence-corrected chi connectivity index (χ4v) is 2.43. The molecule has 0 atom stereocenters. The van der Waals surface area contributed by atoms with Gasteiger partial charge >= 0.3 is 5.97 Å². The maximum absolute atomic E-state index is 13.1. The van der Waals surface area contributed by atoms with Gasteiger partial charge in [0.2, 0.25) is 0 Å². The second-order valence-electron chi connectivity index (χ2n) is 3.79. The number of ether oxygens (including phenoxy) is 1. The average Bonchev–Trinajstić information content (AvgIpc) is 2.42. The maximum atomic E-state index is 13.1.